The maximum absolute atomic E-state index is 13.6. The van der Waals surface area contributed by atoms with E-state index in [1.807, 2.05) is 0 Å². The molecule has 0 radical (unpaired) electrons. The molecule has 194 valence electrons. The Bertz CT molecular complexity index is 1180. The Morgan fingerprint density at radius 3 is 1.32 bits per heavy atom. The third kappa shape index (κ3) is 5.55. The molecule has 37 heavy (non-hydrogen) atoms. The molecule has 4 aliphatic rings. The lowest BCUT2D eigenvalue weighted by Crippen LogP contribution is -2.53. The van der Waals surface area contributed by atoms with Crippen LogP contribution in [0.25, 0.3) is 0 Å². The summed E-state index contributed by atoms with van der Waals surface area (Å²) in [7, 11) is -5.16. The van der Waals surface area contributed by atoms with Crippen molar-refractivity contribution in [2.75, 3.05) is 0 Å². The van der Waals surface area contributed by atoms with E-state index in [1.165, 1.54) is 16.7 Å². The van der Waals surface area contributed by atoms with Crippen molar-refractivity contribution in [2.45, 2.75) is 49.9 Å². The Morgan fingerprint density at radius 1 is 0.703 bits per heavy atom. The van der Waals surface area contributed by atoms with Crippen molar-refractivity contribution in [1.29, 1.82) is 0 Å². The highest BCUT2D eigenvalue weighted by Crippen LogP contribution is 2.60. The lowest BCUT2D eigenvalue weighted by atomic mass is 9.48. The molecule has 0 heterocycles. The van der Waals surface area contributed by atoms with Gasteiger partial charge in [0.05, 0.1) is 0 Å². The average Bonchev–Trinajstić information content (AvgIpc) is 2.89. The summed E-state index contributed by atoms with van der Waals surface area (Å²) in [5.41, 5.74) is 0.277. The van der Waals surface area contributed by atoms with Crippen LogP contribution in [-0.2, 0) is 14.9 Å². The molecule has 4 nitrogen and oxygen atoms in total. The maximum Gasteiger partial charge on any atom is 0.247 e. The fourth-order valence-electron chi connectivity index (χ4n) is 7.30. The van der Waals surface area contributed by atoms with Crippen LogP contribution in [0.15, 0.2) is 91.0 Å². The first kappa shape index (κ1) is 25.8. The standard InChI is InChI=1S/C19H16.C12H17FO4S/c1-4-10-16(11-5-1)19(17-12-6-2-7-13-17)18-14-8-3-9-15-18;13-11(18(15,16)17)10(14)12-4-7-1-8(5-12)3-9(2-7)6-12/h1-15,19H;7-9,11H,1-6H2,(H,15,16,17)/p-1. The minimum absolute atomic E-state index is 0.309. The van der Waals surface area contributed by atoms with Gasteiger partial charge in [-0.2, -0.15) is 0 Å². The van der Waals surface area contributed by atoms with Crippen LogP contribution < -0.4 is 0 Å². The summed E-state index contributed by atoms with van der Waals surface area (Å²) in [6.07, 6.45) is 4.96. The van der Waals surface area contributed by atoms with Gasteiger partial charge < -0.3 is 4.55 Å². The van der Waals surface area contributed by atoms with Gasteiger partial charge in [-0.1, -0.05) is 91.0 Å². The molecule has 0 amide bonds. The van der Waals surface area contributed by atoms with E-state index >= 15 is 0 Å². The van der Waals surface area contributed by atoms with Gasteiger partial charge in [-0.25, -0.2) is 12.8 Å². The molecular weight excluding hydrogens is 487 g/mol. The molecule has 0 saturated heterocycles. The molecule has 4 fully saturated rings. The van der Waals surface area contributed by atoms with Crippen molar-refractivity contribution in [3.05, 3.63) is 108 Å². The first-order valence-electron chi connectivity index (χ1n) is 13.0. The van der Waals surface area contributed by atoms with Crippen molar-refractivity contribution >= 4 is 15.9 Å². The van der Waals surface area contributed by atoms with Gasteiger partial charge in [0.25, 0.3) is 0 Å². The van der Waals surface area contributed by atoms with Gasteiger partial charge in [-0.15, -0.1) is 0 Å². The van der Waals surface area contributed by atoms with Gasteiger partial charge in [0.1, 0.15) is 10.1 Å². The van der Waals surface area contributed by atoms with Gasteiger partial charge in [0.2, 0.25) is 5.50 Å². The molecule has 4 saturated carbocycles. The summed E-state index contributed by atoms with van der Waals surface area (Å²) in [5.74, 6) is 0.602. The lowest BCUT2D eigenvalue weighted by Gasteiger charge is -2.56. The van der Waals surface area contributed by atoms with Crippen molar-refractivity contribution in [3.8, 4) is 0 Å². The maximum atomic E-state index is 13.6. The number of alkyl halides is 1. The van der Waals surface area contributed by atoms with Gasteiger partial charge in [-0.3, -0.25) is 4.79 Å². The molecule has 0 aliphatic heterocycles. The van der Waals surface area contributed by atoms with Crippen molar-refractivity contribution in [2.24, 2.45) is 23.2 Å². The zero-order chi connectivity index (χ0) is 26.0. The molecule has 4 aliphatic carbocycles. The fourth-order valence-corrected chi connectivity index (χ4v) is 7.81. The second kappa shape index (κ2) is 10.5. The van der Waals surface area contributed by atoms with E-state index in [9.17, 15) is 22.2 Å². The van der Waals surface area contributed by atoms with Crippen LogP contribution in [0.2, 0.25) is 0 Å². The predicted octanol–water partition coefficient (Wildman–Crippen LogP) is 6.48. The van der Waals surface area contributed by atoms with Crippen molar-refractivity contribution < 1.29 is 22.2 Å². The number of ketones is 1. The van der Waals surface area contributed by atoms with Crippen LogP contribution in [0, 0.1) is 23.2 Å². The third-order valence-corrected chi connectivity index (χ3v) is 9.14. The first-order chi connectivity index (χ1) is 17.7. The molecule has 1 atom stereocenters. The smallest absolute Gasteiger partial charge is 0.247 e. The molecule has 0 N–H and O–H groups in total. The van der Waals surface area contributed by atoms with Crippen LogP contribution in [-0.4, -0.2) is 24.3 Å². The Balaban J connectivity index is 0.000000152. The van der Waals surface area contributed by atoms with E-state index in [0.29, 0.717) is 42.9 Å². The molecule has 3 aromatic carbocycles. The number of carbonyl (C=O) groups is 1. The van der Waals surface area contributed by atoms with Crippen LogP contribution >= 0.6 is 0 Å². The van der Waals surface area contributed by atoms with Gasteiger partial charge >= 0.3 is 0 Å². The van der Waals surface area contributed by atoms with Crippen LogP contribution in [0.1, 0.15) is 61.1 Å². The number of halogens is 1. The lowest BCUT2D eigenvalue weighted by molar-refractivity contribution is -0.146. The molecule has 0 spiro atoms. The SMILES string of the molecule is O=C(C(F)S(=O)(=O)[O-])C12CC3CC(CC(C3)C1)C2.c1ccc(C(c2ccccc2)c2ccccc2)cc1. The van der Waals surface area contributed by atoms with E-state index in [1.54, 1.807) is 0 Å². The number of hydrogen-bond acceptors (Lipinski definition) is 4. The second-order valence-corrected chi connectivity index (χ2v) is 12.4. The quantitative estimate of drug-likeness (QED) is 0.276. The number of carbonyl (C=O) groups excluding carboxylic acids is 1. The van der Waals surface area contributed by atoms with Crippen molar-refractivity contribution in [1.82, 2.24) is 0 Å². The summed E-state index contributed by atoms with van der Waals surface area (Å²) in [6.45, 7) is 0. The van der Waals surface area contributed by atoms with E-state index in [2.05, 4.69) is 91.0 Å². The van der Waals surface area contributed by atoms with Gasteiger partial charge in [0, 0.05) is 11.3 Å². The molecular formula is C31H32FO4S-. The Labute approximate surface area is 218 Å². The molecule has 3 aromatic rings. The highest BCUT2D eigenvalue weighted by atomic mass is 32.2. The average molecular weight is 520 g/mol. The fraction of sp³-hybridized carbons (Fsp3) is 0.387. The van der Waals surface area contributed by atoms with Gasteiger partial charge in [0.15, 0.2) is 5.78 Å². The zero-order valence-electron chi connectivity index (χ0n) is 20.7. The number of rotatable bonds is 6. The molecule has 4 bridgehead atoms. The number of benzene rings is 3. The Kier molecular flexibility index (Phi) is 7.32. The van der Waals surface area contributed by atoms with E-state index in [-0.39, 0.29) is 0 Å². The zero-order valence-corrected chi connectivity index (χ0v) is 21.5. The minimum atomic E-state index is -5.16. The normalized spacial score (nSPS) is 26.8. The topological polar surface area (TPSA) is 74.3 Å². The van der Waals surface area contributed by atoms with Crippen LogP contribution in [0.4, 0.5) is 4.39 Å². The summed E-state index contributed by atoms with van der Waals surface area (Å²) in [6, 6.07) is 32.0. The predicted molar refractivity (Wildman–Crippen MR) is 140 cm³/mol. The number of Topliss-reactive ketones (excluding diaryl/α,β-unsaturated/α-hetero) is 1. The van der Waals surface area contributed by atoms with Crippen LogP contribution in [0.5, 0.6) is 0 Å². The first-order valence-corrected chi connectivity index (χ1v) is 14.5. The molecule has 1 unspecified atom stereocenters. The summed E-state index contributed by atoms with van der Waals surface area (Å²) in [4.78, 5) is 12.1. The Hall–Kier alpha value is -2.83. The molecule has 6 heteroatoms. The summed E-state index contributed by atoms with van der Waals surface area (Å²) < 4.78 is 45.7. The molecule has 7 rings (SSSR count). The third-order valence-electron chi connectivity index (χ3n) is 8.42. The highest BCUT2D eigenvalue weighted by Gasteiger charge is 2.56. The monoisotopic (exact) mass is 519 g/mol. The summed E-state index contributed by atoms with van der Waals surface area (Å²) >= 11 is 0. The minimum Gasteiger partial charge on any atom is -0.745 e. The largest absolute Gasteiger partial charge is 0.745 e. The van der Waals surface area contributed by atoms with E-state index in [0.717, 1.165) is 19.3 Å². The van der Waals surface area contributed by atoms with Gasteiger partial charge in [-0.05, 0) is 73.0 Å². The molecule has 0 aromatic heterocycles. The van der Waals surface area contributed by atoms with E-state index < -0.39 is 26.8 Å². The van der Waals surface area contributed by atoms with Crippen LogP contribution in [0.3, 0.4) is 0 Å². The summed E-state index contributed by atoms with van der Waals surface area (Å²) in [5, 5.41) is 0. The van der Waals surface area contributed by atoms with E-state index in [4.69, 9.17) is 0 Å². The Morgan fingerprint density at radius 2 is 1.03 bits per heavy atom. The van der Waals surface area contributed by atoms with Crippen molar-refractivity contribution in [3.63, 3.8) is 0 Å². The highest BCUT2D eigenvalue weighted by molar-refractivity contribution is 7.87. The second-order valence-electron chi connectivity index (χ2n) is 11.0. The number of hydrogen-bond donors (Lipinski definition) is 0.